The first-order chi connectivity index (χ1) is 4.22. The van der Waals surface area contributed by atoms with E-state index in [1.165, 1.54) is 0 Å². The molecule has 0 saturated carbocycles. The molecule has 0 aromatic heterocycles. The molecule has 0 aliphatic heterocycles. The molecule has 54 valence electrons. The summed E-state index contributed by atoms with van der Waals surface area (Å²) in [4.78, 5) is 10.4. The second kappa shape index (κ2) is 7.82. The molecule has 3 nitrogen and oxygen atoms in total. The van der Waals surface area contributed by atoms with Crippen LogP contribution in [0.25, 0.3) is 0 Å². The minimum atomic E-state index is -1.02. The third-order valence-corrected chi connectivity index (χ3v) is 0.993. The Morgan fingerprint density at radius 1 is 1.80 bits per heavy atom. The van der Waals surface area contributed by atoms with E-state index in [9.17, 15) is 9.90 Å². The monoisotopic (exact) mass is 174 g/mol. The van der Waals surface area contributed by atoms with Gasteiger partial charge in [0.2, 0.25) is 0 Å². The minimum Gasteiger partial charge on any atom is -0.853 e. The Morgan fingerprint density at radius 2 is 2.30 bits per heavy atom. The van der Waals surface area contributed by atoms with Gasteiger partial charge in [0.05, 0.1) is 6.61 Å². The van der Waals surface area contributed by atoms with Crippen molar-refractivity contribution in [1.82, 2.24) is 0 Å². The fourth-order valence-corrected chi connectivity index (χ4v) is 0.364. The average molecular weight is 175 g/mol. The quantitative estimate of drug-likeness (QED) is 0.254. The van der Waals surface area contributed by atoms with E-state index in [0.717, 1.165) is 0 Å². The van der Waals surface area contributed by atoms with Gasteiger partial charge in [-0.15, -0.1) is 18.2 Å². The first kappa shape index (κ1) is 13.3. The Balaban J connectivity index is 0. The molecule has 10 heavy (non-hydrogen) atoms. The van der Waals surface area contributed by atoms with Crippen LogP contribution in [0.2, 0.25) is 0 Å². The van der Waals surface area contributed by atoms with Crippen molar-refractivity contribution >= 4 is 17.6 Å². The number of rotatable bonds is 3. The van der Waals surface area contributed by atoms with E-state index in [-0.39, 0.29) is 36.2 Å². The molecule has 0 rings (SSSR count). The predicted octanol–water partition coefficient (Wildman–Crippen LogP) is -3.48. The molecular weight excluding hydrogens is 166 g/mol. The number of alkyl halides is 1. The second-order valence-electron chi connectivity index (χ2n) is 1.39. The molecule has 0 spiro atoms. The van der Waals surface area contributed by atoms with Crippen molar-refractivity contribution in [2.75, 3.05) is 13.2 Å². The largest absolute Gasteiger partial charge is 1.00 e. The summed E-state index contributed by atoms with van der Waals surface area (Å²) >= 11 is 5.21. The van der Waals surface area contributed by atoms with Gasteiger partial charge in [0, 0.05) is 0 Å². The number of halogens is 1. The van der Waals surface area contributed by atoms with Gasteiger partial charge in [0.15, 0.2) is 0 Å². The van der Waals surface area contributed by atoms with Gasteiger partial charge in [0.25, 0.3) is 0 Å². The molecule has 0 saturated heterocycles. The summed E-state index contributed by atoms with van der Waals surface area (Å²) in [7, 11) is 0. The summed E-state index contributed by atoms with van der Waals surface area (Å²) in [5, 5.41) is 8.89. The van der Waals surface area contributed by atoms with Crippen molar-refractivity contribution in [3.8, 4) is 0 Å². The molecule has 0 amide bonds. The molecule has 0 heterocycles. The van der Waals surface area contributed by atoms with E-state index >= 15 is 0 Å². The summed E-state index contributed by atoms with van der Waals surface area (Å²) in [6.45, 7) is 1.30. The Labute approximate surface area is 87.0 Å². The van der Waals surface area contributed by atoms with Gasteiger partial charge in [0.1, 0.15) is 5.38 Å². The minimum absolute atomic E-state index is 0. The molecule has 1 atom stereocenters. The van der Waals surface area contributed by atoms with Crippen LogP contribution in [0.3, 0.4) is 0 Å². The third-order valence-electron chi connectivity index (χ3n) is 0.689. The van der Waals surface area contributed by atoms with Crippen LogP contribution in [0, 0.1) is 0 Å². The van der Waals surface area contributed by atoms with Crippen LogP contribution >= 0.6 is 11.6 Å². The van der Waals surface area contributed by atoms with E-state index in [0.29, 0.717) is 0 Å². The molecule has 5 heteroatoms. The van der Waals surface area contributed by atoms with Gasteiger partial charge in [-0.05, 0) is 6.92 Å². The fourth-order valence-electron chi connectivity index (χ4n) is 0.301. The second-order valence-corrected chi connectivity index (χ2v) is 1.91. The van der Waals surface area contributed by atoms with Crippen LogP contribution in [0.5, 0.6) is 0 Å². The number of hydrogen-bond donors (Lipinski definition) is 0. The zero-order valence-electron chi connectivity index (χ0n) is 6.09. The Hall–Kier alpha value is 0.720. The van der Waals surface area contributed by atoms with Crippen LogP contribution in [-0.2, 0) is 9.53 Å². The molecule has 0 bridgehead atoms. The van der Waals surface area contributed by atoms with Gasteiger partial charge in [-0.25, -0.2) is 0 Å². The van der Waals surface area contributed by atoms with Crippen molar-refractivity contribution < 1.29 is 44.2 Å². The first-order valence-electron chi connectivity index (χ1n) is 2.61. The summed E-state index contributed by atoms with van der Waals surface area (Å²) in [5.41, 5.74) is 0. The van der Waals surface area contributed by atoms with Gasteiger partial charge < -0.3 is 9.84 Å². The Morgan fingerprint density at radius 3 is 2.60 bits per heavy atom. The summed E-state index contributed by atoms with van der Waals surface area (Å²) in [6, 6.07) is 0. The molecule has 0 aromatic rings. The summed E-state index contributed by atoms with van der Waals surface area (Å²) in [6.07, 6.45) is 0. The molecule has 0 radical (unpaired) electrons. The zero-order valence-corrected chi connectivity index (χ0v) is 8.85. The molecule has 0 aliphatic rings. The van der Waals surface area contributed by atoms with E-state index in [2.05, 4.69) is 4.74 Å². The first-order valence-corrected chi connectivity index (χ1v) is 3.04. The van der Waals surface area contributed by atoms with E-state index in [1.54, 1.807) is 6.92 Å². The van der Waals surface area contributed by atoms with Crippen LogP contribution in [0.15, 0.2) is 0 Å². The third kappa shape index (κ3) is 5.50. The molecule has 1 unspecified atom stereocenters. The number of ether oxygens (including phenoxy) is 1. The number of carbonyl (C=O) groups is 1. The maximum absolute atomic E-state index is 10.4. The van der Waals surface area contributed by atoms with Gasteiger partial charge in [-0.1, -0.05) is 0 Å². The topological polar surface area (TPSA) is 49.4 Å². The van der Waals surface area contributed by atoms with Gasteiger partial charge >= 0.3 is 35.5 Å². The molecular formula is C5H8ClNaO3. The average Bonchev–Trinajstić information content (AvgIpc) is 1.87. The predicted molar refractivity (Wildman–Crippen MR) is 31.1 cm³/mol. The van der Waals surface area contributed by atoms with Crippen LogP contribution in [0.1, 0.15) is 6.92 Å². The molecule has 0 aliphatic carbocycles. The SMILES string of the molecule is CCOC(=O)C(Cl)C[O-].[Na+]. The van der Waals surface area contributed by atoms with Gasteiger partial charge in [-0.3, -0.25) is 4.79 Å². The van der Waals surface area contributed by atoms with Gasteiger partial charge in [-0.2, -0.15) is 0 Å². The Bertz CT molecular complexity index is 98.9. The van der Waals surface area contributed by atoms with Crippen molar-refractivity contribution in [3.63, 3.8) is 0 Å². The number of hydrogen-bond acceptors (Lipinski definition) is 3. The van der Waals surface area contributed by atoms with Crippen LogP contribution in [-0.4, -0.2) is 24.6 Å². The zero-order chi connectivity index (χ0) is 7.28. The smallest absolute Gasteiger partial charge is 0.853 e. The maximum Gasteiger partial charge on any atom is 1.00 e. The van der Waals surface area contributed by atoms with E-state index in [4.69, 9.17) is 11.6 Å². The van der Waals surface area contributed by atoms with Crippen LogP contribution < -0.4 is 34.7 Å². The van der Waals surface area contributed by atoms with Crippen molar-refractivity contribution in [2.24, 2.45) is 0 Å². The molecule has 0 N–H and O–H groups in total. The van der Waals surface area contributed by atoms with Crippen molar-refractivity contribution in [1.29, 1.82) is 0 Å². The van der Waals surface area contributed by atoms with Crippen molar-refractivity contribution in [3.05, 3.63) is 0 Å². The summed E-state index contributed by atoms with van der Waals surface area (Å²) in [5.74, 6) is -0.630. The summed E-state index contributed by atoms with van der Waals surface area (Å²) < 4.78 is 4.42. The Kier molecular flexibility index (Phi) is 10.4. The maximum atomic E-state index is 10.4. The van der Waals surface area contributed by atoms with E-state index < -0.39 is 18.0 Å². The standard InChI is InChI=1S/C5H8ClO3.Na/c1-2-9-5(8)4(6)3-7;/h4H,2-3H2,1H3;/q-1;+1. The molecule has 0 aromatic carbocycles. The number of esters is 1. The fraction of sp³-hybridized carbons (Fsp3) is 0.800. The number of carbonyl (C=O) groups excluding carboxylic acids is 1. The van der Waals surface area contributed by atoms with E-state index in [1.807, 2.05) is 0 Å². The van der Waals surface area contributed by atoms with Crippen molar-refractivity contribution in [2.45, 2.75) is 12.3 Å². The normalized spacial score (nSPS) is 11.5. The molecule has 0 fully saturated rings. The van der Waals surface area contributed by atoms with Crippen LogP contribution in [0.4, 0.5) is 0 Å².